The van der Waals surface area contributed by atoms with Crippen molar-refractivity contribution < 1.29 is 9.90 Å². The number of rotatable bonds is 2. The Balaban J connectivity index is 2.20. The molecule has 0 bridgehead atoms. The third-order valence-corrected chi connectivity index (χ3v) is 3.65. The second-order valence-corrected chi connectivity index (χ2v) is 5.17. The van der Waals surface area contributed by atoms with Crippen LogP contribution in [0.4, 0.5) is 0 Å². The summed E-state index contributed by atoms with van der Waals surface area (Å²) >= 11 is 0. The second-order valence-electron chi connectivity index (χ2n) is 5.17. The Labute approximate surface area is 102 Å². The zero-order chi connectivity index (χ0) is 12.5. The molecule has 0 radical (unpaired) electrons. The molecule has 2 N–H and O–H groups in total. The van der Waals surface area contributed by atoms with Crippen LogP contribution in [0.1, 0.15) is 36.8 Å². The fourth-order valence-electron chi connectivity index (χ4n) is 2.56. The topological polar surface area (TPSA) is 49.3 Å². The predicted molar refractivity (Wildman–Crippen MR) is 67.2 cm³/mol. The summed E-state index contributed by atoms with van der Waals surface area (Å²) in [7, 11) is 0. The van der Waals surface area contributed by atoms with E-state index in [9.17, 15) is 9.90 Å². The number of benzene rings is 1. The van der Waals surface area contributed by atoms with E-state index in [2.05, 4.69) is 30.4 Å². The van der Waals surface area contributed by atoms with Crippen LogP contribution in [0.2, 0.25) is 0 Å². The first kappa shape index (κ1) is 12.1. The number of aliphatic carboxylic acids is 1. The number of aryl methyl sites for hydroxylation is 1. The second kappa shape index (κ2) is 4.49. The van der Waals surface area contributed by atoms with Crippen molar-refractivity contribution in [2.45, 2.75) is 38.1 Å². The van der Waals surface area contributed by atoms with Crippen LogP contribution in [0.25, 0.3) is 0 Å². The molecule has 1 aromatic rings. The maximum atomic E-state index is 11.3. The Bertz CT molecular complexity index is 430. The van der Waals surface area contributed by atoms with Gasteiger partial charge < -0.3 is 10.4 Å². The van der Waals surface area contributed by atoms with Gasteiger partial charge in [0, 0.05) is 0 Å². The maximum Gasteiger partial charge on any atom is 0.323 e. The third kappa shape index (κ3) is 2.50. The minimum Gasteiger partial charge on any atom is -0.480 e. The molecule has 0 saturated carbocycles. The maximum absolute atomic E-state index is 11.3. The number of hydrogen-bond donors (Lipinski definition) is 2. The van der Waals surface area contributed by atoms with Gasteiger partial charge in [-0.05, 0) is 44.7 Å². The summed E-state index contributed by atoms with van der Waals surface area (Å²) in [5.74, 6) is -0.410. The predicted octanol–water partition coefficient (Wildman–Crippen LogP) is 2.31. The van der Waals surface area contributed by atoms with Gasteiger partial charge in [0.05, 0.1) is 0 Å². The smallest absolute Gasteiger partial charge is 0.323 e. The van der Waals surface area contributed by atoms with Gasteiger partial charge in [0.1, 0.15) is 5.54 Å². The van der Waals surface area contributed by atoms with E-state index in [1.54, 1.807) is 6.92 Å². The Morgan fingerprint density at radius 1 is 1.53 bits per heavy atom. The standard InChI is InChI=1S/C14H19NO2/c1-10-4-3-5-11(8-10)12-6-7-15-14(2,9-12)13(16)17/h3-5,8,12,15H,6-7,9H2,1-2H3,(H,16,17). The Kier molecular flexibility index (Phi) is 3.20. The highest BCUT2D eigenvalue weighted by Crippen LogP contribution is 2.33. The van der Waals surface area contributed by atoms with Crippen LogP contribution >= 0.6 is 0 Å². The molecule has 0 amide bonds. The lowest BCUT2D eigenvalue weighted by Crippen LogP contribution is -2.53. The summed E-state index contributed by atoms with van der Waals surface area (Å²) < 4.78 is 0. The van der Waals surface area contributed by atoms with E-state index in [0.29, 0.717) is 12.3 Å². The molecule has 0 aromatic heterocycles. The van der Waals surface area contributed by atoms with E-state index in [4.69, 9.17) is 0 Å². The Morgan fingerprint density at radius 2 is 2.29 bits per heavy atom. The normalized spacial score (nSPS) is 28.9. The third-order valence-electron chi connectivity index (χ3n) is 3.65. The lowest BCUT2D eigenvalue weighted by Gasteiger charge is -2.36. The fraction of sp³-hybridized carbons (Fsp3) is 0.500. The van der Waals surface area contributed by atoms with Crippen molar-refractivity contribution in [1.82, 2.24) is 5.32 Å². The van der Waals surface area contributed by atoms with Crippen molar-refractivity contribution in [3.63, 3.8) is 0 Å². The van der Waals surface area contributed by atoms with Crippen LogP contribution in [0.15, 0.2) is 24.3 Å². The first-order valence-corrected chi connectivity index (χ1v) is 6.06. The molecular formula is C14H19NO2. The lowest BCUT2D eigenvalue weighted by molar-refractivity contribution is -0.145. The lowest BCUT2D eigenvalue weighted by atomic mass is 9.79. The highest BCUT2D eigenvalue weighted by atomic mass is 16.4. The number of hydrogen-bond acceptors (Lipinski definition) is 2. The summed E-state index contributed by atoms with van der Waals surface area (Å²) in [6.45, 7) is 4.61. The number of piperidine rings is 1. The van der Waals surface area contributed by atoms with E-state index in [0.717, 1.165) is 13.0 Å². The van der Waals surface area contributed by atoms with Crippen LogP contribution in [-0.2, 0) is 4.79 Å². The van der Waals surface area contributed by atoms with Gasteiger partial charge in [0.2, 0.25) is 0 Å². The molecule has 1 fully saturated rings. The monoisotopic (exact) mass is 233 g/mol. The van der Waals surface area contributed by atoms with E-state index in [1.807, 2.05) is 6.07 Å². The molecular weight excluding hydrogens is 214 g/mol. The van der Waals surface area contributed by atoms with E-state index >= 15 is 0 Å². The molecule has 3 heteroatoms. The van der Waals surface area contributed by atoms with Crippen molar-refractivity contribution in [1.29, 1.82) is 0 Å². The van der Waals surface area contributed by atoms with E-state index in [1.165, 1.54) is 11.1 Å². The minimum absolute atomic E-state index is 0.345. The van der Waals surface area contributed by atoms with E-state index < -0.39 is 11.5 Å². The largest absolute Gasteiger partial charge is 0.480 e. The van der Waals surface area contributed by atoms with Crippen LogP contribution < -0.4 is 5.32 Å². The Morgan fingerprint density at radius 3 is 2.94 bits per heavy atom. The average molecular weight is 233 g/mol. The molecule has 3 nitrogen and oxygen atoms in total. The van der Waals surface area contributed by atoms with Gasteiger partial charge >= 0.3 is 5.97 Å². The Hall–Kier alpha value is -1.35. The van der Waals surface area contributed by atoms with Crippen molar-refractivity contribution in [3.05, 3.63) is 35.4 Å². The fourth-order valence-corrected chi connectivity index (χ4v) is 2.56. The van der Waals surface area contributed by atoms with Gasteiger partial charge in [-0.3, -0.25) is 4.79 Å². The SMILES string of the molecule is Cc1cccc(C2CCNC(C)(C(=O)O)C2)c1. The number of nitrogens with one attached hydrogen (secondary N) is 1. The summed E-state index contributed by atoms with van der Waals surface area (Å²) in [6, 6.07) is 8.38. The molecule has 92 valence electrons. The summed E-state index contributed by atoms with van der Waals surface area (Å²) in [4.78, 5) is 11.3. The van der Waals surface area contributed by atoms with Crippen LogP contribution in [0.5, 0.6) is 0 Å². The molecule has 17 heavy (non-hydrogen) atoms. The molecule has 2 atom stereocenters. The summed E-state index contributed by atoms with van der Waals surface area (Å²) in [5.41, 5.74) is 1.71. The average Bonchev–Trinajstić information content (AvgIpc) is 2.29. The molecule has 1 aliphatic rings. The molecule has 2 unspecified atom stereocenters. The van der Waals surface area contributed by atoms with Gasteiger partial charge in [-0.2, -0.15) is 0 Å². The number of carbonyl (C=O) groups is 1. The van der Waals surface area contributed by atoms with Crippen LogP contribution in [-0.4, -0.2) is 23.2 Å². The summed E-state index contributed by atoms with van der Waals surface area (Å²) in [5, 5.41) is 12.4. The first-order valence-electron chi connectivity index (χ1n) is 6.06. The van der Waals surface area contributed by atoms with Gasteiger partial charge in [-0.25, -0.2) is 0 Å². The van der Waals surface area contributed by atoms with Crippen molar-refractivity contribution in [2.24, 2.45) is 0 Å². The van der Waals surface area contributed by atoms with E-state index in [-0.39, 0.29) is 0 Å². The zero-order valence-corrected chi connectivity index (χ0v) is 10.4. The zero-order valence-electron chi connectivity index (χ0n) is 10.4. The molecule has 1 heterocycles. The van der Waals surface area contributed by atoms with Crippen LogP contribution in [0.3, 0.4) is 0 Å². The molecule has 1 aromatic carbocycles. The van der Waals surface area contributed by atoms with Crippen LogP contribution in [0, 0.1) is 6.92 Å². The van der Waals surface area contributed by atoms with Crippen molar-refractivity contribution >= 4 is 5.97 Å². The number of carboxylic acids is 1. The molecule has 0 spiro atoms. The van der Waals surface area contributed by atoms with Gasteiger partial charge in [0.25, 0.3) is 0 Å². The highest BCUT2D eigenvalue weighted by Gasteiger charge is 2.38. The van der Waals surface area contributed by atoms with Gasteiger partial charge in [-0.15, -0.1) is 0 Å². The molecule has 2 rings (SSSR count). The molecule has 1 aliphatic heterocycles. The van der Waals surface area contributed by atoms with Gasteiger partial charge in [0.15, 0.2) is 0 Å². The molecule has 1 saturated heterocycles. The van der Waals surface area contributed by atoms with Gasteiger partial charge in [-0.1, -0.05) is 29.8 Å². The van der Waals surface area contributed by atoms with Crippen molar-refractivity contribution in [2.75, 3.05) is 6.54 Å². The highest BCUT2D eigenvalue weighted by molar-refractivity contribution is 5.78. The quantitative estimate of drug-likeness (QED) is 0.824. The number of carboxylic acid groups (broad SMARTS) is 1. The first-order chi connectivity index (χ1) is 8.01. The summed E-state index contributed by atoms with van der Waals surface area (Å²) in [6.07, 6.45) is 1.66. The molecule has 0 aliphatic carbocycles. The minimum atomic E-state index is -0.785. The van der Waals surface area contributed by atoms with Crippen molar-refractivity contribution in [3.8, 4) is 0 Å².